The summed E-state index contributed by atoms with van der Waals surface area (Å²) in [5.41, 5.74) is 6.69. The van der Waals surface area contributed by atoms with Gasteiger partial charge in [0.1, 0.15) is 0 Å². The molecular formula is C14H18N2O2. The summed E-state index contributed by atoms with van der Waals surface area (Å²) in [6.45, 7) is 0.589. The number of nitrogens with zero attached hydrogens (tertiary/aromatic N) is 1. The van der Waals surface area contributed by atoms with E-state index in [0.717, 1.165) is 5.56 Å². The monoisotopic (exact) mass is 246 g/mol. The van der Waals surface area contributed by atoms with Gasteiger partial charge in [-0.3, -0.25) is 4.79 Å². The second-order valence-electron chi connectivity index (χ2n) is 3.98. The first kappa shape index (κ1) is 14.2. The van der Waals surface area contributed by atoms with E-state index in [-0.39, 0.29) is 25.5 Å². The number of carbonyl (C=O) groups excluding carboxylic acids is 1. The molecule has 1 unspecified atom stereocenters. The Morgan fingerprint density at radius 2 is 2.11 bits per heavy atom. The van der Waals surface area contributed by atoms with Crippen LogP contribution in [0.2, 0.25) is 0 Å². The van der Waals surface area contributed by atoms with Crippen molar-refractivity contribution in [1.29, 1.82) is 0 Å². The van der Waals surface area contributed by atoms with Crippen LogP contribution in [0, 0.1) is 12.3 Å². The topological polar surface area (TPSA) is 66.6 Å². The third-order valence-electron chi connectivity index (χ3n) is 2.55. The molecule has 3 N–H and O–H groups in total. The highest BCUT2D eigenvalue weighted by Crippen LogP contribution is 2.06. The first-order valence-corrected chi connectivity index (χ1v) is 5.81. The minimum atomic E-state index is -0.703. The van der Waals surface area contributed by atoms with Crippen molar-refractivity contribution >= 4 is 5.91 Å². The smallest absolute Gasteiger partial charge is 0.240 e. The van der Waals surface area contributed by atoms with E-state index in [1.54, 1.807) is 0 Å². The van der Waals surface area contributed by atoms with Crippen LogP contribution < -0.4 is 5.73 Å². The van der Waals surface area contributed by atoms with E-state index in [4.69, 9.17) is 17.3 Å². The number of rotatable bonds is 6. The van der Waals surface area contributed by atoms with Gasteiger partial charge in [0.05, 0.1) is 12.6 Å². The number of nitrogens with two attached hydrogens (primary N) is 1. The molecule has 0 radical (unpaired) electrons. The lowest BCUT2D eigenvalue weighted by Gasteiger charge is -2.24. The molecule has 1 atom stereocenters. The molecular weight excluding hydrogens is 228 g/mol. The SMILES string of the molecule is C#CCC(N)C(=O)N(CCO)Cc1ccccc1. The van der Waals surface area contributed by atoms with Crippen molar-refractivity contribution in [3.63, 3.8) is 0 Å². The predicted molar refractivity (Wildman–Crippen MR) is 70.4 cm³/mol. The Bertz CT molecular complexity index is 412. The van der Waals surface area contributed by atoms with Crippen LogP contribution in [0.3, 0.4) is 0 Å². The number of benzene rings is 1. The number of aliphatic hydroxyl groups excluding tert-OH is 1. The van der Waals surface area contributed by atoms with E-state index in [0.29, 0.717) is 6.54 Å². The summed E-state index contributed by atoms with van der Waals surface area (Å²) >= 11 is 0. The van der Waals surface area contributed by atoms with Gasteiger partial charge in [0.15, 0.2) is 0 Å². The van der Waals surface area contributed by atoms with Crippen molar-refractivity contribution < 1.29 is 9.90 Å². The maximum atomic E-state index is 12.0. The molecule has 0 aromatic heterocycles. The first-order valence-electron chi connectivity index (χ1n) is 5.81. The Balaban J connectivity index is 2.71. The Labute approximate surface area is 107 Å². The maximum Gasteiger partial charge on any atom is 0.240 e. The molecule has 1 aromatic rings. The van der Waals surface area contributed by atoms with Gasteiger partial charge in [-0.15, -0.1) is 12.3 Å². The Kier molecular flexibility index (Phi) is 5.92. The summed E-state index contributed by atoms with van der Waals surface area (Å²) in [5, 5.41) is 9.00. The van der Waals surface area contributed by atoms with E-state index in [1.165, 1.54) is 4.90 Å². The van der Waals surface area contributed by atoms with Gasteiger partial charge in [-0.1, -0.05) is 30.3 Å². The Morgan fingerprint density at radius 1 is 1.44 bits per heavy atom. The fourth-order valence-electron chi connectivity index (χ4n) is 1.64. The second kappa shape index (κ2) is 7.49. The van der Waals surface area contributed by atoms with Gasteiger partial charge < -0.3 is 15.7 Å². The third kappa shape index (κ3) is 4.21. The van der Waals surface area contributed by atoms with Crippen molar-refractivity contribution in [3.05, 3.63) is 35.9 Å². The van der Waals surface area contributed by atoms with Gasteiger partial charge in [0.25, 0.3) is 0 Å². The lowest BCUT2D eigenvalue weighted by atomic mass is 10.1. The quantitative estimate of drug-likeness (QED) is 0.712. The van der Waals surface area contributed by atoms with Gasteiger partial charge >= 0.3 is 0 Å². The van der Waals surface area contributed by atoms with Crippen LogP contribution in [0.1, 0.15) is 12.0 Å². The van der Waals surface area contributed by atoms with Crippen LogP contribution in [0.4, 0.5) is 0 Å². The lowest BCUT2D eigenvalue weighted by molar-refractivity contribution is -0.133. The fraction of sp³-hybridized carbons (Fsp3) is 0.357. The van der Waals surface area contributed by atoms with Gasteiger partial charge in [-0.2, -0.15) is 0 Å². The van der Waals surface area contributed by atoms with Crippen molar-refractivity contribution in [3.8, 4) is 12.3 Å². The summed E-state index contributed by atoms with van der Waals surface area (Å²) in [7, 11) is 0. The first-order chi connectivity index (χ1) is 8.69. The van der Waals surface area contributed by atoms with Crippen LogP contribution in [0.5, 0.6) is 0 Å². The highest BCUT2D eigenvalue weighted by molar-refractivity contribution is 5.82. The van der Waals surface area contributed by atoms with Crippen molar-refractivity contribution in [2.75, 3.05) is 13.2 Å². The third-order valence-corrected chi connectivity index (χ3v) is 2.55. The second-order valence-corrected chi connectivity index (χ2v) is 3.98. The molecule has 0 aliphatic heterocycles. The fourth-order valence-corrected chi connectivity index (χ4v) is 1.64. The average Bonchev–Trinajstić information content (AvgIpc) is 2.39. The zero-order chi connectivity index (χ0) is 13.4. The molecule has 1 amide bonds. The van der Waals surface area contributed by atoms with Crippen molar-refractivity contribution in [2.45, 2.75) is 19.0 Å². The molecule has 96 valence electrons. The van der Waals surface area contributed by atoms with E-state index in [9.17, 15) is 4.79 Å². The summed E-state index contributed by atoms with van der Waals surface area (Å²) in [6.07, 6.45) is 5.35. The van der Waals surface area contributed by atoms with Crippen LogP contribution in [0.25, 0.3) is 0 Å². The van der Waals surface area contributed by atoms with Gasteiger partial charge in [-0.05, 0) is 5.56 Å². The van der Waals surface area contributed by atoms with E-state index < -0.39 is 6.04 Å². The van der Waals surface area contributed by atoms with Crippen molar-refractivity contribution in [2.24, 2.45) is 5.73 Å². The number of carbonyl (C=O) groups is 1. The molecule has 0 heterocycles. The molecule has 0 bridgehead atoms. The van der Waals surface area contributed by atoms with E-state index >= 15 is 0 Å². The van der Waals surface area contributed by atoms with Crippen LogP contribution in [-0.4, -0.2) is 35.1 Å². The summed E-state index contributed by atoms with van der Waals surface area (Å²) in [6, 6.07) is 8.85. The number of aliphatic hydroxyl groups is 1. The molecule has 1 aromatic carbocycles. The normalized spacial score (nSPS) is 11.6. The standard InChI is InChI=1S/C14H18N2O2/c1-2-6-13(15)14(18)16(9-10-17)11-12-7-4-3-5-8-12/h1,3-5,7-8,13,17H,6,9-11,15H2. The van der Waals surface area contributed by atoms with Gasteiger partial charge in [0, 0.05) is 19.5 Å². The molecule has 1 rings (SSSR count). The highest BCUT2D eigenvalue weighted by atomic mass is 16.3. The van der Waals surface area contributed by atoms with Crippen LogP contribution >= 0.6 is 0 Å². The minimum absolute atomic E-state index is 0.0959. The van der Waals surface area contributed by atoms with Crippen molar-refractivity contribution in [1.82, 2.24) is 4.90 Å². The molecule has 4 heteroatoms. The molecule has 0 saturated heterocycles. The van der Waals surface area contributed by atoms with E-state index in [1.807, 2.05) is 30.3 Å². The minimum Gasteiger partial charge on any atom is -0.395 e. The number of hydrogen-bond donors (Lipinski definition) is 2. The largest absolute Gasteiger partial charge is 0.395 e. The Morgan fingerprint density at radius 3 is 2.67 bits per heavy atom. The molecule has 4 nitrogen and oxygen atoms in total. The number of hydrogen-bond acceptors (Lipinski definition) is 3. The highest BCUT2D eigenvalue weighted by Gasteiger charge is 2.19. The van der Waals surface area contributed by atoms with Gasteiger partial charge in [-0.25, -0.2) is 0 Å². The van der Waals surface area contributed by atoms with Gasteiger partial charge in [0.2, 0.25) is 5.91 Å². The van der Waals surface area contributed by atoms with Crippen LogP contribution in [0.15, 0.2) is 30.3 Å². The Hall–Kier alpha value is -1.83. The molecule has 0 fully saturated rings. The number of terminal acetylenes is 1. The molecule has 0 aliphatic carbocycles. The maximum absolute atomic E-state index is 12.0. The predicted octanol–water partition coefficient (Wildman–Crippen LogP) is 0.358. The zero-order valence-corrected chi connectivity index (χ0v) is 10.2. The lowest BCUT2D eigenvalue weighted by Crippen LogP contribution is -2.44. The number of amides is 1. The summed E-state index contributed by atoms with van der Waals surface area (Å²) < 4.78 is 0. The summed E-state index contributed by atoms with van der Waals surface area (Å²) in [5.74, 6) is 2.14. The van der Waals surface area contributed by atoms with E-state index in [2.05, 4.69) is 5.92 Å². The molecule has 0 aliphatic rings. The van der Waals surface area contributed by atoms with Crippen LogP contribution in [-0.2, 0) is 11.3 Å². The molecule has 0 spiro atoms. The average molecular weight is 246 g/mol. The zero-order valence-electron chi connectivity index (χ0n) is 10.2. The molecule has 0 saturated carbocycles. The summed E-state index contributed by atoms with van der Waals surface area (Å²) in [4.78, 5) is 13.5. The molecule has 18 heavy (non-hydrogen) atoms.